The van der Waals surface area contributed by atoms with E-state index in [0.717, 1.165) is 18.7 Å². The summed E-state index contributed by atoms with van der Waals surface area (Å²) < 4.78 is 17.0. The lowest BCUT2D eigenvalue weighted by atomic mass is 10.2. The van der Waals surface area contributed by atoms with Crippen LogP contribution in [-0.4, -0.2) is 55.8 Å². The standard InChI is InChI=1S/C14H25N3O4/c1-4-21-14(18)12-10-16-17(2)13(12)11-15-6-5-7-20-9-8-19-3/h10,15H,4-9,11H2,1-3H3. The van der Waals surface area contributed by atoms with Crippen molar-refractivity contribution in [2.75, 3.05) is 40.1 Å². The summed E-state index contributed by atoms with van der Waals surface area (Å²) in [5.41, 5.74) is 1.34. The zero-order valence-corrected chi connectivity index (χ0v) is 13.1. The summed E-state index contributed by atoms with van der Waals surface area (Å²) in [6.07, 6.45) is 2.44. The van der Waals surface area contributed by atoms with Crippen LogP contribution < -0.4 is 5.32 Å². The Balaban J connectivity index is 2.28. The first-order chi connectivity index (χ1) is 10.2. The molecule has 0 bridgehead atoms. The molecule has 7 nitrogen and oxygen atoms in total. The molecule has 0 aliphatic rings. The molecule has 1 N–H and O–H groups in total. The van der Waals surface area contributed by atoms with Gasteiger partial charge in [0.25, 0.3) is 0 Å². The molecule has 0 amide bonds. The van der Waals surface area contributed by atoms with Crippen molar-refractivity contribution in [2.24, 2.45) is 7.05 Å². The van der Waals surface area contributed by atoms with Gasteiger partial charge < -0.3 is 19.5 Å². The van der Waals surface area contributed by atoms with Gasteiger partial charge in [0.2, 0.25) is 0 Å². The smallest absolute Gasteiger partial charge is 0.341 e. The minimum Gasteiger partial charge on any atom is -0.462 e. The summed E-state index contributed by atoms with van der Waals surface area (Å²) >= 11 is 0. The number of esters is 1. The summed E-state index contributed by atoms with van der Waals surface area (Å²) in [4.78, 5) is 11.8. The molecule has 120 valence electrons. The SMILES string of the molecule is CCOC(=O)c1cnn(C)c1CNCCCOCCOC. The molecule has 1 heterocycles. The summed E-state index contributed by atoms with van der Waals surface area (Å²) in [6, 6.07) is 0. The number of ether oxygens (including phenoxy) is 3. The Morgan fingerprint density at radius 2 is 2.19 bits per heavy atom. The number of nitrogens with one attached hydrogen (secondary N) is 1. The van der Waals surface area contributed by atoms with Crippen LogP contribution in [0.4, 0.5) is 0 Å². The molecule has 0 fully saturated rings. The monoisotopic (exact) mass is 299 g/mol. The van der Waals surface area contributed by atoms with Crippen LogP contribution >= 0.6 is 0 Å². The molecule has 0 radical (unpaired) electrons. The van der Waals surface area contributed by atoms with Crippen molar-refractivity contribution in [3.63, 3.8) is 0 Å². The van der Waals surface area contributed by atoms with E-state index in [4.69, 9.17) is 14.2 Å². The van der Waals surface area contributed by atoms with Crippen molar-refractivity contribution < 1.29 is 19.0 Å². The fourth-order valence-electron chi connectivity index (χ4n) is 1.80. The predicted molar refractivity (Wildman–Crippen MR) is 78.2 cm³/mol. The van der Waals surface area contributed by atoms with E-state index in [2.05, 4.69) is 10.4 Å². The maximum atomic E-state index is 11.8. The lowest BCUT2D eigenvalue weighted by Crippen LogP contribution is -2.20. The van der Waals surface area contributed by atoms with Gasteiger partial charge in [-0.25, -0.2) is 4.79 Å². The predicted octanol–water partition coefficient (Wildman–Crippen LogP) is 0.740. The van der Waals surface area contributed by atoms with E-state index in [0.29, 0.717) is 38.5 Å². The van der Waals surface area contributed by atoms with E-state index in [1.807, 2.05) is 7.05 Å². The van der Waals surface area contributed by atoms with Gasteiger partial charge in [-0.05, 0) is 19.9 Å². The molecule has 7 heteroatoms. The highest BCUT2D eigenvalue weighted by Crippen LogP contribution is 2.09. The van der Waals surface area contributed by atoms with Crippen LogP contribution in [0.15, 0.2) is 6.20 Å². The number of aromatic nitrogens is 2. The molecule has 21 heavy (non-hydrogen) atoms. The van der Waals surface area contributed by atoms with E-state index in [1.54, 1.807) is 24.9 Å². The molecule has 0 unspecified atom stereocenters. The average Bonchev–Trinajstić information content (AvgIpc) is 2.83. The zero-order chi connectivity index (χ0) is 15.5. The topological polar surface area (TPSA) is 74.6 Å². The molecule has 1 aromatic heterocycles. The van der Waals surface area contributed by atoms with Crippen LogP contribution in [0.5, 0.6) is 0 Å². The van der Waals surface area contributed by atoms with Crippen molar-refractivity contribution >= 4 is 5.97 Å². The molecule has 0 saturated heterocycles. The van der Waals surface area contributed by atoms with E-state index in [-0.39, 0.29) is 5.97 Å². The summed E-state index contributed by atoms with van der Waals surface area (Å²) in [7, 11) is 3.47. The van der Waals surface area contributed by atoms with E-state index < -0.39 is 0 Å². The number of methoxy groups -OCH3 is 1. The molecule has 0 aromatic carbocycles. The molecular formula is C14H25N3O4. The van der Waals surface area contributed by atoms with Crippen LogP contribution in [0.2, 0.25) is 0 Å². The van der Waals surface area contributed by atoms with Crippen molar-refractivity contribution in [1.29, 1.82) is 0 Å². The second kappa shape index (κ2) is 10.3. The van der Waals surface area contributed by atoms with Crippen LogP contribution in [0.1, 0.15) is 29.4 Å². The number of carbonyl (C=O) groups excluding carboxylic acids is 1. The van der Waals surface area contributed by atoms with Crippen LogP contribution in [0.3, 0.4) is 0 Å². The molecule has 1 aromatic rings. The number of hydrogen-bond acceptors (Lipinski definition) is 6. The van der Waals surface area contributed by atoms with Gasteiger partial charge in [0.05, 0.1) is 31.7 Å². The molecule has 0 aliphatic heterocycles. The van der Waals surface area contributed by atoms with Crippen molar-refractivity contribution in [1.82, 2.24) is 15.1 Å². The number of rotatable bonds is 11. The average molecular weight is 299 g/mol. The quantitative estimate of drug-likeness (QED) is 0.480. The third-order valence-corrected chi connectivity index (χ3v) is 2.92. The zero-order valence-electron chi connectivity index (χ0n) is 13.1. The Morgan fingerprint density at radius 3 is 2.90 bits per heavy atom. The lowest BCUT2D eigenvalue weighted by Gasteiger charge is -2.08. The minimum atomic E-state index is -0.328. The highest BCUT2D eigenvalue weighted by molar-refractivity contribution is 5.90. The lowest BCUT2D eigenvalue weighted by molar-refractivity contribution is 0.0524. The van der Waals surface area contributed by atoms with E-state index in [9.17, 15) is 4.79 Å². The molecule has 0 atom stereocenters. The Hall–Kier alpha value is -1.44. The fourth-order valence-corrected chi connectivity index (χ4v) is 1.80. The van der Waals surface area contributed by atoms with Gasteiger partial charge in [0, 0.05) is 27.3 Å². The highest BCUT2D eigenvalue weighted by Gasteiger charge is 2.16. The summed E-state index contributed by atoms with van der Waals surface area (Å²) in [5.74, 6) is -0.328. The maximum Gasteiger partial charge on any atom is 0.341 e. The van der Waals surface area contributed by atoms with Gasteiger partial charge in [-0.2, -0.15) is 5.10 Å². The molecule has 1 rings (SSSR count). The van der Waals surface area contributed by atoms with Crippen LogP contribution in [0.25, 0.3) is 0 Å². The van der Waals surface area contributed by atoms with E-state index >= 15 is 0 Å². The Morgan fingerprint density at radius 1 is 1.38 bits per heavy atom. The van der Waals surface area contributed by atoms with Gasteiger partial charge in [0.1, 0.15) is 5.56 Å². The highest BCUT2D eigenvalue weighted by atomic mass is 16.5. The third kappa shape index (κ3) is 6.24. The normalized spacial score (nSPS) is 10.8. The van der Waals surface area contributed by atoms with Crippen molar-refractivity contribution in [2.45, 2.75) is 19.9 Å². The second-order valence-electron chi connectivity index (χ2n) is 4.48. The van der Waals surface area contributed by atoms with Gasteiger partial charge >= 0.3 is 5.97 Å². The van der Waals surface area contributed by atoms with Gasteiger partial charge in [0.15, 0.2) is 0 Å². The van der Waals surface area contributed by atoms with Crippen LogP contribution in [-0.2, 0) is 27.8 Å². The van der Waals surface area contributed by atoms with Gasteiger partial charge in [-0.1, -0.05) is 0 Å². The Bertz CT molecular complexity index is 420. The number of hydrogen-bond donors (Lipinski definition) is 1. The molecule has 0 aliphatic carbocycles. The number of nitrogens with zero attached hydrogens (tertiary/aromatic N) is 2. The van der Waals surface area contributed by atoms with Crippen molar-refractivity contribution in [3.05, 3.63) is 17.5 Å². The third-order valence-electron chi connectivity index (χ3n) is 2.92. The maximum absolute atomic E-state index is 11.8. The minimum absolute atomic E-state index is 0.328. The molecular weight excluding hydrogens is 274 g/mol. The largest absolute Gasteiger partial charge is 0.462 e. The summed E-state index contributed by atoms with van der Waals surface area (Å²) in [5, 5.41) is 7.38. The van der Waals surface area contributed by atoms with Crippen LogP contribution in [0, 0.1) is 0 Å². The first-order valence-corrected chi connectivity index (χ1v) is 7.16. The van der Waals surface area contributed by atoms with E-state index in [1.165, 1.54) is 0 Å². The fraction of sp³-hybridized carbons (Fsp3) is 0.714. The van der Waals surface area contributed by atoms with Gasteiger partial charge in [-0.15, -0.1) is 0 Å². The molecule has 0 spiro atoms. The number of aryl methyl sites for hydroxylation is 1. The van der Waals surface area contributed by atoms with Crippen molar-refractivity contribution in [3.8, 4) is 0 Å². The molecule has 0 saturated carbocycles. The second-order valence-corrected chi connectivity index (χ2v) is 4.48. The first-order valence-electron chi connectivity index (χ1n) is 7.16. The Kier molecular flexibility index (Phi) is 8.65. The number of carbonyl (C=O) groups is 1. The Labute approximate surface area is 125 Å². The first kappa shape index (κ1) is 17.6. The van der Waals surface area contributed by atoms with Gasteiger partial charge in [-0.3, -0.25) is 4.68 Å². The summed E-state index contributed by atoms with van der Waals surface area (Å²) in [6.45, 7) is 5.45.